The highest BCUT2D eigenvalue weighted by atomic mass is 16.5. The number of ether oxygens (including phenoxy) is 1. The first-order valence-corrected chi connectivity index (χ1v) is 9.08. The molecule has 0 aliphatic carbocycles. The molecule has 2 aromatic carbocycles. The monoisotopic (exact) mass is 377 g/mol. The van der Waals surface area contributed by atoms with Gasteiger partial charge in [-0.3, -0.25) is 9.59 Å². The van der Waals surface area contributed by atoms with E-state index in [0.717, 1.165) is 16.7 Å². The number of rotatable bonds is 7. The standard InChI is InChI=1S/C22H23N3O3/c1-16-8-10-18(11-9-16)21(17-6-4-3-5-7-17)23-22(27)19-12-13-20(26)25(24-19)14-15-28-2/h3-13,21H,14-15H2,1-2H3,(H,23,27). The maximum absolute atomic E-state index is 12.9. The quantitative estimate of drug-likeness (QED) is 0.687. The Morgan fingerprint density at radius 2 is 1.71 bits per heavy atom. The first-order chi connectivity index (χ1) is 13.6. The van der Waals surface area contributed by atoms with Gasteiger partial charge in [-0.25, -0.2) is 4.68 Å². The molecule has 1 amide bonds. The van der Waals surface area contributed by atoms with E-state index in [1.807, 2.05) is 61.5 Å². The van der Waals surface area contributed by atoms with Gasteiger partial charge in [0.05, 0.1) is 19.2 Å². The molecule has 1 unspecified atom stereocenters. The molecule has 1 heterocycles. The molecular formula is C22H23N3O3. The normalized spacial score (nSPS) is 11.8. The van der Waals surface area contributed by atoms with Crippen LogP contribution in [0.4, 0.5) is 0 Å². The van der Waals surface area contributed by atoms with E-state index in [1.54, 1.807) is 7.11 Å². The number of carbonyl (C=O) groups is 1. The third kappa shape index (κ3) is 4.72. The summed E-state index contributed by atoms with van der Waals surface area (Å²) in [6.45, 7) is 2.65. The molecule has 1 aromatic heterocycles. The van der Waals surface area contributed by atoms with E-state index in [1.165, 1.54) is 16.8 Å². The van der Waals surface area contributed by atoms with Crippen molar-refractivity contribution in [1.82, 2.24) is 15.1 Å². The topological polar surface area (TPSA) is 73.2 Å². The third-order valence-electron chi connectivity index (χ3n) is 4.43. The van der Waals surface area contributed by atoms with Crippen LogP contribution in [0.1, 0.15) is 33.2 Å². The molecule has 28 heavy (non-hydrogen) atoms. The van der Waals surface area contributed by atoms with Crippen molar-refractivity contribution in [2.75, 3.05) is 13.7 Å². The summed E-state index contributed by atoms with van der Waals surface area (Å²) in [7, 11) is 1.55. The molecule has 3 rings (SSSR count). The summed E-state index contributed by atoms with van der Waals surface area (Å²) in [5.41, 5.74) is 2.99. The number of carbonyl (C=O) groups excluding carboxylic acids is 1. The highest BCUT2D eigenvalue weighted by Gasteiger charge is 2.19. The molecule has 6 heteroatoms. The number of aryl methyl sites for hydroxylation is 1. The average molecular weight is 377 g/mol. The van der Waals surface area contributed by atoms with E-state index in [4.69, 9.17) is 4.74 Å². The fourth-order valence-electron chi connectivity index (χ4n) is 2.88. The van der Waals surface area contributed by atoms with E-state index in [-0.39, 0.29) is 29.7 Å². The van der Waals surface area contributed by atoms with E-state index in [9.17, 15) is 9.59 Å². The van der Waals surface area contributed by atoms with Crippen molar-refractivity contribution in [1.29, 1.82) is 0 Å². The van der Waals surface area contributed by atoms with Crippen molar-refractivity contribution in [2.45, 2.75) is 19.5 Å². The van der Waals surface area contributed by atoms with Gasteiger partial charge in [0, 0.05) is 13.2 Å². The van der Waals surface area contributed by atoms with Gasteiger partial charge in [-0.15, -0.1) is 0 Å². The minimum absolute atomic E-state index is 0.184. The molecule has 0 fully saturated rings. The van der Waals surface area contributed by atoms with Crippen LogP contribution in [0.25, 0.3) is 0 Å². The van der Waals surface area contributed by atoms with Crippen molar-refractivity contribution in [3.8, 4) is 0 Å². The Morgan fingerprint density at radius 3 is 2.39 bits per heavy atom. The molecular weight excluding hydrogens is 354 g/mol. The van der Waals surface area contributed by atoms with Crippen LogP contribution in [-0.4, -0.2) is 29.4 Å². The van der Waals surface area contributed by atoms with Crippen LogP contribution in [-0.2, 0) is 11.3 Å². The van der Waals surface area contributed by atoms with Gasteiger partial charge in [-0.2, -0.15) is 5.10 Å². The fourth-order valence-corrected chi connectivity index (χ4v) is 2.88. The molecule has 3 aromatic rings. The largest absolute Gasteiger partial charge is 0.383 e. The second-order valence-electron chi connectivity index (χ2n) is 6.50. The Kier molecular flexibility index (Phi) is 6.34. The summed E-state index contributed by atoms with van der Waals surface area (Å²) in [6.07, 6.45) is 0. The predicted octanol–water partition coefficient (Wildman–Crippen LogP) is 2.72. The van der Waals surface area contributed by atoms with Crippen molar-refractivity contribution < 1.29 is 9.53 Å². The number of benzene rings is 2. The molecule has 1 N–H and O–H groups in total. The summed E-state index contributed by atoms with van der Waals surface area (Å²) >= 11 is 0. The summed E-state index contributed by atoms with van der Waals surface area (Å²) in [4.78, 5) is 24.8. The fraction of sp³-hybridized carbons (Fsp3) is 0.227. The first-order valence-electron chi connectivity index (χ1n) is 9.08. The van der Waals surface area contributed by atoms with Crippen molar-refractivity contribution in [3.05, 3.63) is 99.5 Å². The molecule has 144 valence electrons. The third-order valence-corrected chi connectivity index (χ3v) is 4.43. The van der Waals surface area contributed by atoms with Crippen molar-refractivity contribution in [3.63, 3.8) is 0 Å². The smallest absolute Gasteiger partial charge is 0.272 e. The minimum atomic E-state index is -0.347. The number of nitrogens with zero attached hydrogens (tertiary/aromatic N) is 2. The van der Waals surface area contributed by atoms with Gasteiger partial charge in [0.25, 0.3) is 11.5 Å². The van der Waals surface area contributed by atoms with Gasteiger partial charge in [-0.1, -0.05) is 60.2 Å². The van der Waals surface area contributed by atoms with Crippen LogP contribution in [0.3, 0.4) is 0 Å². The Morgan fingerprint density at radius 1 is 1.04 bits per heavy atom. The van der Waals surface area contributed by atoms with Crippen LogP contribution in [0.2, 0.25) is 0 Å². The number of hydrogen-bond donors (Lipinski definition) is 1. The molecule has 0 bridgehead atoms. The first kappa shape index (κ1) is 19.5. The lowest BCUT2D eigenvalue weighted by Gasteiger charge is -2.20. The molecule has 0 radical (unpaired) electrons. The summed E-state index contributed by atoms with van der Waals surface area (Å²) in [5, 5.41) is 7.22. The van der Waals surface area contributed by atoms with Crippen LogP contribution in [0.15, 0.2) is 71.5 Å². The summed E-state index contributed by atoms with van der Waals surface area (Å²) in [6, 6.07) is 20.2. The van der Waals surface area contributed by atoms with Crippen LogP contribution in [0, 0.1) is 6.92 Å². The second-order valence-corrected chi connectivity index (χ2v) is 6.50. The molecule has 0 spiro atoms. The van der Waals surface area contributed by atoms with E-state index in [0.29, 0.717) is 6.61 Å². The van der Waals surface area contributed by atoms with Gasteiger partial charge >= 0.3 is 0 Å². The Labute approximate surface area is 163 Å². The Hall–Kier alpha value is -3.25. The number of hydrogen-bond acceptors (Lipinski definition) is 4. The van der Waals surface area contributed by atoms with Gasteiger partial charge in [0.2, 0.25) is 0 Å². The summed E-state index contributed by atoms with van der Waals surface area (Å²) in [5.74, 6) is -0.347. The molecule has 1 atom stereocenters. The number of nitrogens with one attached hydrogen (secondary N) is 1. The second kappa shape index (κ2) is 9.10. The average Bonchev–Trinajstić information content (AvgIpc) is 2.72. The Bertz CT molecular complexity index is 982. The molecule has 0 aliphatic heterocycles. The SMILES string of the molecule is COCCn1nc(C(=O)NC(c2ccccc2)c2ccc(C)cc2)ccc1=O. The van der Waals surface area contributed by atoms with E-state index in [2.05, 4.69) is 10.4 Å². The zero-order valence-electron chi connectivity index (χ0n) is 16.0. The number of amides is 1. The summed E-state index contributed by atoms with van der Waals surface area (Å²) < 4.78 is 6.23. The van der Waals surface area contributed by atoms with Gasteiger partial charge < -0.3 is 10.1 Å². The maximum atomic E-state index is 12.9. The van der Waals surface area contributed by atoms with Crippen LogP contribution < -0.4 is 10.9 Å². The van der Waals surface area contributed by atoms with Gasteiger partial charge in [0.1, 0.15) is 5.69 Å². The molecule has 0 saturated carbocycles. The lowest BCUT2D eigenvalue weighted by molar-refractivity contribution is 0.0934. The lowest BCUT2D eigenvalue weighted by atomic mass is 9.97. The van der Waals surface area contributed by atoms with Crippen molar-refractivity contribution in [2.24, 2.45) is 0 Å². The van der Waals surface area contributed by atoms with Crippen molar-refractivity contribution >= 4 is 5.91 Å². The maximum Gasteiger partial charge on any atom is 0.272 e. The van der Waals surface area contributed by atoms with Crippen LogP contribution in [0.5, 0.6) is 0 Å². The zero-order chi connectivity index (χ0) is 19.9. The Balaban J connectivity index is 1.89. The van der Waals surface area contributed by atoms with E-state index < -0.39 is 0 Å². The highest BCUT2D eigenvalue weighted by Crippen LogP contribution is 2.22. The number of methoxy groups -OCH3 is 1. The highest BCUT2D eigenvalue weighted by molar-refractivity contribution is 5.92. The van der Waals surface area contributed by atoms with E-state index >= 15 is 0 Å². The van der Waals surface area contributed by atoms with Crippen LogP contribution >= 0.6 is 0 Å². The number of aromatic nitrogens is 2. The molecule has 0 saturated heterocycles. The van der Waals surface area contributed by atoms with Gasteiger partial charge in [0.15, 0.2) is 0 Å². The zero-order valence-corrected chi connectivity index (χ0v) is 16.0. The minimum Gasteiger partial charge on any atom is -0.383 e. The molecule has 0 aliphatic rings. The predicted molar refractivity (Wildman–Crippen MR) is 107 cm³/mol. The molecule has 6 nitrogen and oxygen atoms in total. The van der Waals surface area contributed by atoms with Gasteiger partial charge in [-0.05, 0) is 24.1 Å². The lowest BCUT2D eigenvalue weighted by Crippen LogP contribution is -2.33.